The van der Waals surface area contributed by atoms with E-state index >= 15 is 0 Å². The highest BCUT2D eigenvalue weighted by molar-refractivity contribution is 7.80. The number of carbonyl (C=O) groups is 1. The number of allylic oxidation sites excluding steroid dienone is 2. The Labute approximate surface area is 386 Å². The van der Waals surface area contributed by atoms with Gasteiger partial charge in [0.1, 0.15) is 60.7 Å². The molecule has 7 rings (SSSR count). The van der Waals surface area contributed by atoms with Crippen LogP contribution in [0.25, 0.3) is 0 Å². The van der Waals surface area contributed by atoms with Crippen molar-refractivity contribution in [1.82, 2.24) is 0 Å². The second-order valence-electron chi connectivity index (χ2n) is 21.7. The third-order valence-corrected chi connectivity index (χ3v) is 17.1. The molecule has 0 bridgehead atoms. The number of carbonyl (C=O) groups excluding carboxylic acids is 1. The lowest BCUT2D eigenvalue weighted by Crippen LogP contribution is -2.70. The highest BCUT2D eigenvalue weighted by Crippen LogP contribution is 2.67. The van der Waals surface area contributed by atoms with E-state index in [1.54, 1.807) is 6.92 Å². The fraction of sp³-hybridized carbons (Fsp3) is 0.933. The van der Waals surface area contributed by atoms with E-state index in [4.69, 9.17) is 32.6 Å². The van der Waals surface area contributed by atoms with Gasteiger partial charge in [-0.3, -0.25) is 9.35 Å². The molecule has 0 amide bonds. The summed E-state index contributed by atoms with van der Waals surface area (Å²) in [5.74, 6) is -3.58. The van der Waals surface area contributed by atoms with Crippen molar-refractivity contribution in [3.8, 4) is 0 Å². The Hall–Kier alpha value is -1.32. The molecule has 3 aliphatic heterocycles. The number of Topliss-reactive ketones (excluding diaryl/α,β-unsaturated/α-hetero) is 1. The minimum Gasteiger partial charge on any atom is -0.389 e. The molecule has 66 heavy (non-hydrogen) atoms. The van der Waals surface area contributed by atoms with Crippen LogP contribution in [0.3, 0.4) is 0 Å². The number of hydrogen-bond donors (Lipinski definition) is 10. The van der Waals surface area contributed by atoms with Crippen LogP contribution in [0.4, 0.5) is 0 Å². The van der Waals surface area contributed by atoms with Crippen LogP contribution in [0.15, 0.2) is 11.6 Å². The number of aliphatic hydroxyl groups excluding tert-OH is 6. The zero-order chi connectivity index (χ0) is 48.8. The van der Waals surface area contributed by atoms with Gasteiger partial charge in [-0.2, -0.15) is 8.42 Å². The van der Waals surface area contributed by atoms with E-state index in [0.717, 1.165) is 6.42 Å². The summed E-state index contributed by atoms with van der Waals surface area (Å²) in [4.78, 5) is 13.1. The minimum absolute atomic E-state index is 0.00500. The van der Waals surface area contributed by atoms with Crippen LogP contribution in [0.5, 0.6) is 0 Å². The molecule has 0 radical (unpaired) electrons. The molecule has 0 aromatic rings. The Kier molecular flexibility index (Phi) is 15.1. The van der Waals surface area contributed by atoms with E-state index < -0.39 is 137 Å². The Bertz CT molecular complexity index is 1880. The average Bonchev–Trinajstić information content (AvgIpc) is 3.58. The fourth-order valence-corrected chi connectivity index (χ4v) is 13.7. The Morgan fingerprint density at radius 1 is 0.818 bits per heavy atom. The molecule has 0 spiro atoms. The summed E-state index contributed by atoms with van der Waals surface area (Å²) in [6.45, 7) is 14.1. The highest BCUT2D eigenvalue weighted by atomic mass is 32.3. The van der Waals surface area contributed by atoms with Crippen LogP contribution in [-0.2, 0) is 47.8 Å². The van der Waals surface area contributed by atoms with E-state index in [0.29, 0.717) is 38.5 Å². The number of fused-ring (bicyclic) bond motifs is 5. The summed E-state index contributed by atoms with van der Waals surface area (Å²) in [5.41, 5.74) is -1.13. The SMILES string of the molecule is CC(C)CC(=O)CC(C)(O)C1CCC2C3CC(OC4OC(C)C(O)(O)C(OC5OC(C)C(O)C(O)C5OC5OC(C)C(O)C(O)C5O)C4O)C4CC(OS(=O)(=O)O)CCC4(C)C3=CCC21C. The van der Waals surface area contributed by atoms with Gasteiger partial charge in [0.05, 0.1) is 30.0 Å². The molecule has 3 saturated heterocycles. The molecule has 380 valence electrons. The summed E-state index contributed by atoms with van der Waals surface area (Å²) < 4.78 is 75.0. The van der Waals surface area contributed by atoms with Gasteiger partial charge >= 0.3 is 10.4 Å². The first-order valence-electron chi connectivity index (χ1n) is 23.6. The molecular weight excluding hydrogens is 893 g/mol. The minimum atomic E-state index is -4.83. The lowest BCUT2D eigenvalue weighted by atomic mass is 9.47. The van der Waals surface area contributed by atoms with Gasteiger partial charge in [0.15, 0.2) is 18.9 Å². The van der Waals surface area contributed by atoms with Gasteiger partial charge in [0.2, 0.25) is 5.79 Å². The van der Waals surface area contributed by atoms with E-state index in [9.17, 15) is 63.7 Å². The fourth-order valence-electron chi connectivity index (χ4n) is 13.1. The predicted octanol–water partition coefficient (Wildman–Crippen LogP) is 0.356. The first-order chi connectivity index (χ1) is 30.5. The predicted molar refractivity (Wildman–Crippen MR) is 228 cm³/mol. The number of rotatable bonds is 13. The molecule has 7 aliphatic rings. The first-order valence-corrected chi connectivity index (χ1v) is 24.9. The topological polar surface area (TPSA) is 318 Å². The van der Waals surface area contributed by atoms with Gasteiger partial charge in [-0.05, 0) is 113 Å². The lowest BCUT2D eigenvalue weighted by molar-refractivity contribution is -0.426. The Balaban J connectivity index is 1.17. The third kappa shape index (κ3) is 9.84. The molecule has 3 heterocycles. The normalized spacial score (nSPS) is 49.3. The van der Waals surface area contributed by atoms with E-state index in [-0.39, 0.29) is 42.3 Å². The smallest absolute Gasteiger partial charge is 0.389 e. The van der Waals surface area contributed by atoms with Crippen LogP contribution < -0.4 is 0 Å². The highest BCUT2D eigenvalue weighted by Gasteiger charge is 2.64. The molecule has 0 aromatic heterocycles. The van der Waals surface area contributed by atoms with E-state index in [2.05, 4.69) is 19.9 Å². The van der Waals surface area contributed by atoms with Crippen molar-refractivity contribution in [3.63, 3.8) is 0 Å². The van der Waals surface area contributed by atoms with Crippen molar-refractivity contribution >= 4 is 16.2 Å². The Morgan fingerprint density at radius 2 is 1.44 bits per heavy atom. The Morgan fingerprint density at radius 3 is 2.08 bits per heavy atom. The van der Waals surface area contributed by atoms with Crippen LogP contribution in [0.1, 0.15) is 113 Å². The largest absolute Gasteiger partial charge is 0.397 e. The van der Waals surface area contributed by atoms with Crippen molar-refractivity contribution in [2.24, 2.45) is 40.4 Å². The monoisotopic (exact) mass is 966 g/mol. The van der Waals surface area contributed by atoms with Gasteiger partial charge < -0.3 is 74.4 Å². The summed E-state index contributed by atoms with van der Waals surface area (Å²) in [5, 5.41) is 101. The summed E-state index contributed by atoms with van der Waals surface area (Å²) in [6, 6.07) is 0. The standard InChI is InChI=1S/C45H74O20S/c1-19(2)15-23(46)18-44(8,53)30-10-9-26-25-17-29(28-16-24(65-66(56,57)58)11-13-42(28,6)27(25)12-14-43(26,30)7)62-40-36(52)38(45(54,55)22(5)61-40)64-41-37(34(50)32(48)21(4)60-41)63-39-35(51)33(49)31(47)20(3)59-39/h12,19-22,24-26,28-41,47-55H,9-11,13-18H2,1-8H3,(H,56,57,58). The summed E-state index contributed by atoms with van der Waals surface area (Å²) in [7, 11) is -4.83. The van der Waals surface area contributed by atoms with E-state index in [1.165, 1.54) is 26.3 Å². The second-order valence-corrected chi connectivity index (χ2v) is 22.7. The number of hydrogen-bond acceptors (Lipinski definition) is 19. The van der Waals surface area contributed by atoms with Gasteiger partial charge in [0, 0.05) is 12.8 Å². The van der Waals surface area contributed by atoms with Crippen LogP contribution in [0.2, 0.25) is 0 Å². The quantitative estimate of drug-likeness (QED) is 0.0677. The molecule has 3 saturated carbocycles. The molecule has 0 aromatic carbocycles. The van der Waals surface area contributed by atoms with E-state index in [1.807, 2.05) is 13.8 Å². The molecule has 21 heteroatoms. The number of aliphatic hydroxyl groups is 9. The zero-order valence-electron chi connectivity index (χ0n) is 39.0. The molecule has 6 fully saturated rings. The number of ketones is 1. The van der Waals surface area contributed by atoms with Crippen LogP contribution in [-0.4, -0.2) is 174 Å². The van der Waals surface area contributed by atoms with Crippen molar-refractivity contribution in [2.75, 3.05) is 0 Å². The average molecular weight is 967 g/mol. The zero-order valence-corrected chi connectivity index (χ0v) is 39.8. The first kappa shape index (κ1) is 52.5. The third-order valence-electron chi connectivity index (χ3n) is 16.6. The van der Waals surface area contributed by atoms with Gasteiger partial charge in [-0.1, -0.05) is 39.3 Å². The summed E-state index contributed by atoms with van der Waals surface area (Å²) in [6.07, 6.45) is -18.9. The molecule has 23 unspecified atom stereocenters. The molecule has 4 aliphatic carbocycles. The van der Waals surface area contributed by atoms with Crippen LogP contribution >= 0.6 is 0 Å². The maximum atomic E-state index is 13.1. The van der Waals surface area contributed by atoms with Crippen molar-refractivity contribution < 1.29 is 96.3 Å². The second kappa shape index (κ2) is 19.0. The molecular formula is C45H74O20S. The maximum absolute atomic E-state index is 13.1. The van der Waals surface area contributed by atoms with Crippen molar-refractivity contribution in [2.45, 2.75) is 223 Å². The van der Waals surface area contributed by atoms with Crippen LogP contribution in [0, 0.1) is 40.4 Å². The van der Waals surface area contributed by atoms with Gasteiger partial charge in [0.25, 0.3) is 0 Å². The number of ether oxygens (including phenoxy) is 6. The molecule has 10 N–H and O–H groups in total. The molecule has 20 nitrogen and oxygen atoms in total. The lowest BCUT2D eigenvalue weighted by Gasteiger charge is -2.60. The summed E-state index contributed by atoms with van der Waals surface area (Å²) >= 11 is 0. The maximum Gasteiger partial charge on any atom is 0.397 e. The van der Waals surface area contributed by atoms with Crippen molar-refractivity contribution in [1.29, 1.82) is 0 Å². The van der Waals surface area contributed by atoms with Gasteiger partial charge in [-0.25, -0.2) is 4.18 Å². The molecule has 23 atom stereocenters. The van der Waals surface area contributed by atoms with Crippen molar-refractivity contribution in [3.05, 3.63) is 11.6 Å². The van der Waals surface area contributed by atoms with Gasteiger partial charge in [-0.15, -0.1) is 0 Å².